The molecule has 1 unspecified atom stereocenters. The van der Waals surface area contributed by atoms with Crippen molar-refractivity contribution in [2.45, 2.75) is 13.0 Å². The van der Waals surface area contributed by atoms with Gasteiger partial charge in [0.15, 0.2) is 0 Å². The predicted molar refractivity (Wildman–Crippen MR) is 79.2 cm³/mol. The van der Waals surface area contributed by atoms with Crippen LogP contribution >= 0.6 is 50.5 Å². The molecule has 1 atom stereocenters. The van der Waals surface area contributed by atoms with Crippen molar-refractivity contribution >= 4 is 50.5 Å². The number of rotatable bonds is 2. The summed E-state index contributed by atoms with van der Waals surface area (Å²) in [4.78, 5) is 1.02. The number of hydrogen-bond acceptors (Lipinski definition) is 2. The molecule has 0 radical (unpaired) electrons. The van der Waals surface area contributed by atoms with Gasteiger partial charge in [-0.3, -0.25) is 0 Å². The first-order valence-electron chi connectivity index (χ1n) is 4.96. The molecule has 0 saturated carbocycles. The Hall–Kier alpha value is -0.0600. The van der Waals surface area contributed by atoms with Crippen LogP contribution in [0.4, 0.5) is 0 Å². The highest BCUT2D eigenvalue weighted by atomic mass is 79.9. The van der Waals surface area contributed by atoms with E-state index in [2.05, 4.69) is 15.9 Å². The normalized spacial score (nSPS) is 12.8. The zero-order valence-corrected chi connectivity index (χ0v) is 12.9. The summed E-state index contributed by atoms with van der Waals surface area (Å²) in [7, 11) is 0. The fraction of sp³-hybridized carbons (Fsp3) is 0.167. The third-order valence-electron chi connectivity index (χ3n) is 2.50. The van der Waals surface area contributed by atoms with Crippen LogP contribution in [-0.4, -0.2) is 0 Å². The first-order valence-corrected chi connectivity index (χ1v) is 7.32. The lowest BCUT2D eigenvalue weighted by Crippen LogP contribution is -2.10. The standard InChI is InChI=1S/C12H10BrCl2NS/c1-6-5-9(17-12(6)15)11(16)7-3-2-4-8(13)10(7)14/h2-5,11H,16H2,1H3. The maximum atomic E-state index is 6.23. The summed E-state index contributed by atoms with van der Waals surface area (Å²) < 4.78 is 1.63. The zero-order chi connectivity index (χ0) is 12.6. The molecule has 1 aromatic heterocycles. The summed E-state index contributed by atoms with van der Waals surface area (Å²) in [6.07, 6.45) is 0. The van der Waals surface area contributed by atoms with Crippen molar-refractivity contribution < 1.29 is 0 Å². The number of aryl methyl sites for hydroxylation is 1. The number of hydrogen-bond donors (Lipinski definition) is 1. The molecule has 17 heavy (non-hydrogen) atoms. The summed E-state index contributed by atoms with van der Waals surface area (Å²) in [5.41, 5.74) is 8.17. The average molecular weight is 351 g/mol. The molecule has 0 aliphatic carbocycles. The van der Waals surface area contributed by atoms with E-state index in [4.69, 9.17) is 28.9 Å². The Morgan fingerprint density at radius 3 is 2.65 bits per heavy atom. The van der Waals surface area contributed by atoms with E-state index in [1.165, 1.54) is 11.3 Å². The Morgan fingerprint density at radius 2 is 2.06 bits per heavy atom. The van der Waals surface area contributed by atoms with E-state index >= 15 is 0 Å². The SMILES string of the molecule is Cc1cc(C(N)c2cccc(Br)c2Cl)sc1Cl. The summed E-state index contributed by atoms with van der Waals surface area (Å²) in [6.45, 7) is 1.97. The van der Waals surface area contributed by atoms with Crippen LogP contribution in [0.25, 0.3) is 0 Å². The fourth-order valence-corrected chi connectivity index (χ4v) is 3.41. The molecule has 0 bridgehead atoms. The Kier molecular flexibility index (Phi) is 4.16. The van der Waals surface area contributed by atoms with Gasteiger partial charge < -0.3 is 5.73 Å². The maximum absolute atomic E-state index is 6.23. The lowest BCUT2D eigenvalue weighted by Gasteiger charge is -2.12. The monoisotopic (exact) mass is 349 g/mol. The van der Waals surface area contributed by atoms with Crippen molar-refractivity contribution in [2.24, 2.45) is 5.73 Å². The molecule has 2 rings (SSSR count). The molecule has 2 aromatic rings. The molecular weight excluding hydrogens is 341 g/mol. The minimum absolute atomic E-state index is 0.240. The number of benzene rings is 1. The molecule has 0 spiro atoms. The molecule has 0 aliphatic heterocycles. The molecule has 1 heterocycles. The summed E-state index contributed by atoms with van der Waals surface area (Å²) in [5, 5.41) is 0.655. The van der Waals surface area contributed by atoms with Crippen LogP contribution in [0.3, 0.4) is 0 Å². The summed E-state index contributed by atoms with van der Waals surface area (Å²) in [6, 6.07) is 7.52. The van der Waals surface area contributed by atoms with Crippen LogP contribution in [0, 0.1) is 6.92 Å². The third kappa shape index (κ3) is 2.69. The topological polar surface area (TPSA) is 26.0 Å². The van der Waals surface area contributed by atoms with Gasteiger partial charge in [-0.25, -0.2) is 0 Å². The highest BCUT2D eigenvalue weighted by Crippen LogP contribution is 2.37. The lowest BCUT2D eigenvalue weighted by atomic mass is 10.1. The number of nitrogens with two attached hydrogens (primary N) is 1. The highest BCUT2D eigenvalue weighted by Gasteiger charge is 2.17. The van der Waals surface area contributed by atoms with E-state index < -0.39 is 0 Å². The quantitative estimate of drug-likeness (QED) is 0.793. The Balaban J connectivity index is 2.43. The summed E-state index contributed by atoms with van der Waals surface area (Å²) >= 11 is 17.2. The molecule has 0 amide bonds. The minimum atomic E-state index is -0.240. The molecule has 1 nitrogen and oxygen atoms in total. The van der Waals surface area contributed by atoms with Crippen LogP contribution in [0.1, 0.15) is 22.0 Å². The second-order valence-corrected chi connectivity index (χ2v) is 6.64. The Bertz CT molecular complexity index is 534. The third-order valence-corrected chi connectivity index (χ3v) is 5.45. The number of halogens is 3. The zero-order valence-electron chi connectivity index (χ0n) is 9.01. The fourth-order valence-electron chi connectivity index (χ4n) is 1.55. The molecule has 2 N–H and O–H groups in total. The van der Waals surface area contributed by atoms with E-state index in [1.54, 1.807) is 0 Å². The van der Waals surface area contributed by atoms with Crippen LogP contribution in [-0.2, 0) is 0 Å². The first-order chi connectivity index (χ1) is 8.00. The molecular formula is C12H10BrCl2NS. The van der Waals surface area contributed by atoms with Crippen molar-refractivity contribution in [3.63, 3.8) is 0 Å². The van der Waals surface area contributed by atoms with Gasteiger partial charge in [-0.2, -0.15) is 0 Å². The molecule has 0 aliphatic rings. The highest BCUT2D eigenvalue weighted by molar-refractivity contribution is 9.10. The van der Waals surface area contributed by atoms with Crippen molar-refractivity contribution in [2.75, 3.05) is 0 Å². The van der Waals surface area contributed by atoms with E-state index in [-0.39, 0.29) is 6.04 Å². The van der Waals surface area contributed by atoms with E-state index in [0.717, 1.165) is 24.8 Å². The van der Waals surface area contributed by atoms with Gasteiger partial charge in [0, 0.05) is 9.35 Å². The van der Waals surface area contributed by atoms with Crippen molar-refractivity contribution in [1.29, 1.82) is 0 Å². The van der Waals surface area contributed by atoms with Crippen LogP contribution in [0.15, 0.2) is 28.7 Å². The average Bonchev–Trinajstić information content (AvgIpc) is 2.62. The smallest absolute Gasteiger partial charge is 0.0961 e. The van der Waals surface area contributed by atoms with Gasteiger partial charge in [-0.15, -0.1) is 11.3 Å². The van der Waals surface area contributed by atoms with Crippen LogP contribution in [0.5, 0.6) is 0 Å². The van der Waals surface area contributed by atoms with Gasteiger partial charge in [0.25, 0.3) is 0 Å². The van der Waals surface area contributed by atoms with Gasteiger partial charge in [0.05, 0.1) is 15.4 Å². The van der Waals surface area contributed by atoms with Gasteiger partial charge in [-0.05, 0) is 46.1 Å². The van der Waals surface area contributed by atoms with Crippen LogP contribution < -0.4 is 5.73 Å². The summed E-state index contributed by atoms with van der Waals surface area (Å²) in [5.74, 6) is 0. The van der Waals surface area contributed by atoms with Crippen molar-refractivity contribution in [3.8, 4) is 0 Å². The lowest BCUT2D eigenvalue weighted by molar-refractivity contribution is 0.892. The van der Waals surface area contributed by atoms with Crippen LogP contribution in [0.2, 0.25) is 9.36 Å². The second-order valence-electron chi connectivity index (χ2n) is 3.73. The van der Waals surface area contributed by atoms with Gasteiger partial charge in [-0.1, -0.05) is 35.3 Å². The second kappa shape index (κ2) is 5.29. The minimum Gasteiger partial charge on any atom is -0.320 e. The van der Waals surface area contributed by atoms with Gasteiger partial charge in [0.2, 0.25) is 0 Å². The first kappa shape index (κ1) is 13.4. The van der Waals surface area contributed by atoms with Gasteiger partial charge in [0.1, 0.15) is 0 Å². The van der Waals surface area contributed by atoms with E-state index in [0.29, 0.717) is 5.02 Å². The van der Waals surface area contributed by atoms with E-state index in [9.17, 15) is 0 Å². The molecule has 90 valence electrons. The van der Waals surface area contributed by atoms with Crippen molar-refractivity contribution in [3.05, 3.63) is 54.1 Å². The van der Waals surface area contributed by atoms with Gasteiger partial charge >= 0.3 is 0 Å². The molecule has 0 fully saturated rings. The van der Waals surface area contributed by atoms with E-state index in [1.807, 2.05) is 31.2 Å². The Labute approximate surface area is 123 Å². The predicted octanol–water partition coefficient (Wildman–Crippen LogP) is 5.17. The molecule has 1 aromatic carbocycles. The van der Waals surface area contributed by atoms with Crippen molar-refractivity contribution in [1.82, 2.24) is 0 Å². The molecule has 0 saturated heterocycles. The Morgan fingerprint density at radius 1 is 1.35 bits per heavy atom. The number of thiophene rings is 1. The molecule has 5 heteroatoms. The largest absolute Gasteiger partial charge is 0.320 e. The maximum Gasteiger partial charge on any atom is 0.0961 e.